The zero-order valence-electron chi connectivity index (χ0n) is 10.0. The third-order valence-corrected chi connectivity index (χ3v) is 3.70. The SMILES string of the molecule is Cc1cc(C)c(C(=O)c2ccccc2N=[N+]=[N-])s1. The molecular weight excluding hydrogens is 246 g/mol. The van der Waals surface area contributed by atoms with Gasteiger partial charge in [-0.15, -0.1) is 11.3 Å². The van der Waals surface area contributed by atoms with Crippen LogP contribution in [0.1, 0.15) is 25.7 Å². The van der Waals surface area contributed by atoms with Crippen molar-refractivity contribution in [2.45, 2.75) is 13.8 Å². The summed E-state index contributed by atoms with van der Waals surface area (Å²) in [6.45, 7) is 3.88. The second-order valence-corrected chi connectivity index (χ2v) is 5.16. The van der Waals surface area contributed by atoms with Gasteiger partial charge in [-0.05, 0) is 31.0 Å². The zero-order valence-corrected chi connectivity index (χ0v) is 10.9. The number of aryl methyl sites for hydroxylation is 2. The maximum atomic E-state index is 12.4. The fraction of sp³-hybridized carbons (Fsp3) is 0.154. The molecule has 0 aliphatic rings. The van der Waals surface area contributed by atoms with Crippen molar-refractivity contribution in [2.75, 3.05) is 0 Å². The second-order valence-electron chi connectivity index (χ2n) is 3.90. The number of hydrogen-bond donors (Lipinski definition) is 0. The van der Waals surface area contributed by atoms with E-state index in [0.29, 0.717) is 16.1 Å². The largest absolute Gasteiger partial charge is 0.288 e. The van der Waals surface area contributed by atoms with Gasteiger partial charge in [0, 0.05) is 21.0 Å². The van der Waals surface area contributed by atoms with Crippen LogP contribution in [0.3, 0.4) is 0 Å². The monoisotopic (exact) mass is 257 g/mol. The highest BCUT2D eigenvalue weighted by molar-refractivity contribution is 7.14. The predicted octanol–water partition coefficient (Wildman–Crippen LogP) is 4.54. The lowest BCUT2D eigenvalue weighted by atomic mass is 10.1. The number of nitrogens with zero attached hydrogens (tertiary/aromatic N) is 3. The molecule has 5 heteroatoms. The molecule has 1 heterocycles. The van der Waals surface area contributed by atoms with E-state index in [1.807, 2.05) is 19.9 Å². The molecule has 0 aliphatic heterocycles. The van der Waals surface area contributed by atoms with Crippen LogP contribution in [0.4, 0.5) is 5.69 Å². The van der Waals surface area contributed by atoms with E-state index in [1.165, 1.54) is 11.3 Å². The summed E-state index contributed by atoms with van der Waals surface area (Å²) in [5, 5.41) is 3.55. The van der Waals surface area contributed by atoms with E-state index in [1.54, 1.807) is 24.3 Å². The lowest BCUT2D eigenvalue weighted by molar-refractivity contribution is 0.104. The standard InChI is InChI=1S/C13H11N3OS/c1-8-7-9(2)18-13(8)12(17)10-5-3-4-6-11(10)15-16-14/h3-7H,1-2H3. The summed E-state index contributed by atoms with van der Waals surface area (Å²) >= 11 is 1.46. The molecule has 4 nitrogen and oxygen atoms in total. The van der Waals surface area contributed by atoms with Gasteiger partial charge < -0.3 is 0 Å². The Morgan fingerprint density at radius 3 is 2.67 bits per heavy atom. The lowest BCUT2D eigenvalue weighted by Crippen LogP contribution is -2.00. The van der Waals surface area contributed by atoms with Crippen molar-refractivity contribution in [2.24, 2.45) is 5.11 Å². The van der Waals surface area contributed by atoms with Crippen LogP contribution in [0.15, 0.2) is 35.4 Å². The van der Waals surface area contributed by atoms with Gasteiger partial charge in [-0.2, -0.15) is 0 Å². The third-order valence-electron chi connectivity index (χ3n) is 2.55. The fourth-order valence-electron chi connectivity index (χ4n) is 1.79. The Morgan fingerprint density at radius 1 is 1.33 bits per heavy atom. The molecule has 90 valence electrons. The first-order valence-electron chi connectivity index (χ1n) is 5.39. The predicted molar refractivity (Wildman–Crippen MR) is 72.5 cm³/mol. The molecule has 1 aromatic heterocycles. The smallest absolute Gasteiger partial charge is 0.203 e. The minimum absolute atomic E-state index is 0.0893. The lowest BCUT2D eigenvalue weighted by Gasteiger charge is -2.03. The molecule has 18 heavy (non-hydrogen) atoms. The minimum atomic E-state index is -0.0893. The zero-order chi connectivity index (χ0) is 13.1. The molecule has 0 saturated carbocycles. The van der Waals surface area contributed by atoms with E-state index in [4.69, 9.17) is 5.53 Å². The summed E-state index contributed by atoms with van der Waals surface area (Å²) in [7, 11) is 0. The van der Waals surface area contributed by atoms with E-state index in [2.05, 4.69) is 10.0 Å². The minimum Gasteiger partial charge on any atom is -0.288 e. The van der Waals surface area contributed by atoms with Crippen LogP contribution >= 0.6 is 11.3 Å². The van der Waals surface area contributed by atoms with Crippen molar-refractivity contribution in [3.8, 4) is 0 Å². The van der Waals surface area contributed by atoms with E-state index in [-0.39, 0.29) is 5.78 Å². The second kappa shape index (κ2) is 5.04. The van der Waals surface area contributed by atoms with Gasteiger partial charge in [0.2, 0.25) is 5.78 Å². The van der Waals surface area contributed by atoms with Gasteiger partial charge in [0.05, 0.1) is 4.88 Å². The van der Waals surface area contributed by atoms with Crippen LogP contribution < -0.4 is 0 Å². The highest BCUT2D eigenvalue weighted by Gasteiger charge is 2.16. The molecule has 0 amide bonds. The molecule has 0 spiro atoms. The van der Waals surface area contributed by atoms with Crippen molar-refractivity contribution in [1.82, 2.24) is 0 Å². The number of benzene rings is 1. The van der Waals surface area contributed by atoms with Crippen LogP contribution in [0.2, 0.25) is 0 Å². The quantitative estimate of drug-likeness (QED) is 0.344. The normalized spacial score (nSPS) is 9.89. The Bertz CT molecular complexity index is 654. The van der Waals surface area contributed by atoms with Gasteiger partial charge in [-0.1, -0.05) is 29.4 Å². The maximum absolute atomic E-state index is 12.4. The highest BCUT2D eigenvalue weighted by Crippen LogP contribution is 2.28. The third kappa shape index (κ3) is 2.27. The molecule has 0 fully saturated rings. The molecule has 0 unspecified atom stereocenters. The number of carbonyl (C=O) groups is 1. The Kier molecular flexibility index (Phi) is 3.46. The van der Waals surface area contributed by atoms with E-state index in [0.717, 1.165) is 10.4 Å². The number of ketones is 1. The highest BCUT2D eigenvalue weighted by atomic mass is 32.1. The Morgan fingerprint density at radius 2 is 2.06 bits per heavy atom. The molecular formula is C13H11N3OS. The van der Waals surface area contributed by atoms with Gasteiger partial charge in [-0.3, -0.25) is 4.79 Å². The average Bonchev–Trinajstić information content (AvgIpc) is 2.69. The van der Waals surface area contributed by atoms with Gasteiger partial charge in [0.25, 0.3) is 0 Å². The van der Waals surface area contributed by atoms with Crippen molar-refractivity contribution in [3.05, 3.63) is 61.7 Å². The Labute approximate surface area is 109 Å². The number of azide groups is 1. The molecule has 0 aliphatic carbocycles. The summed E-state index contributed by atoms with van der Waals surface area (Å²) in [6, 6.07) is 8.81. The van der Waals surface area contributed by atoms with E-state index < -0.39 is 0 Å². The van der Waals surface area contributed by atoms with Crippen LogP contribution in [-0.2, 0) is 0 Å². The molecule has 0 atom stereocenters. The molecule has 2 aromatic rings. The van der Waals surface area contributed by atoms with Crippen LogP contribution in [0, 0.1) is 13.8 Å². The van der Waals surface area contributed by atoms with Crippen LogP contribution in [0.5, 0.6) is 0 Å². The van der Waals surface area contributed by atoms with Crippen molar-refractivity contribution in [1.29, 1.82) is 0 Å². The summed E-state index contributed by atoms with van der Waals surface area (Å²) in [4.78, 5) is 16.9. The first-order valence-corrected chi connectivity index (χ1v) is 6.21. The van der Waals surface area contributed by atoms with Gasteiger partial charge in [-0.25, -0.2) is 0 Å². The number of carbonyl (C=O) groups excluding carboxylic acids is 1. The molecule has 0 bridgehead atoms. The number of hydrogen-bond acceptors (Lipinski definition) is 3. The van der Waals surface area contributed by atoms with Gasteiger partial charge in [0.15, 0.2) is 0 Å². The maximum Gasteiger partial charge on any atom is 0.203 e. The van der Waals surface area contributed by atoms with E-state index >= 15 is 0 Å². The van der Waals surface area contributed by atoms with E-state index in [9.17, 15) is 4.79 Å². The molecule has 0 N–H and O–H groups in total. The molecule has 1 aromatic carbocycles. The van der Waals surface area contributed by atoms with Gasteiger partial charge in [0.1, 0.15) is 0 Å². The first-order chi connectivity index (χ1) is 8.63. The Hall–Kier alpha value is -2.10. The van der Waals surface area contributed by atoms with Crippen LogP contribution in [0.25, 0.3) is 10.4 Å². The number of thiophene rings is 1. The average molecular weight is 257 g/mol. The molecule has 2 rings (SSSR count). The molecule has 0 radical (unpaired) electrons. The van der Waals surface area contributed by atoms with Gasteiger partial charge >= 0.3 is 0 Å². The van der Waals surface area contributed by atoms with Crippen molar-refractivity contribution in [3.63, 3.8) is 0 Å². The summed E-state index contributed by atoms with van der Waals surface area (Å²) in [5.41, 5.74) is 10.3. The Balaban J connectivity index is 2.52. The summed E-state index contributed by atoms with van der Waals surface area (Å²) in [5.74, 6) is -0.0893. The first kappa shape index (κ1) is 12.4. The van der Waals surface area contributed by atoms with Crippen molar-refractivity contribution < 1.29 is 4.79 Å². The van der Waals surface area contributed by atoms with Crippen LogP contribution in [-0.4, -0.2) is 5.78 Å². The fourth-order valence-corrected chi connectivity index (χ4v) is 2.77. The topological polar surface area (TPSA) is 65.8 Å². The van der Waals surface area contributed by atoms with Crippen molar-refractivity contribution >= 4 is 22.8 Å². The summed E-state index contributed by atoms with van der Waals surface area (Å²) < 4.78 is 0. The number of rotatable bonds is 3. The summed E-state index contributed by atoms with van der Waals surface area (Å²) in [6.07, 6.45) is 0. The molecule has 0 saturated heterocycles.